The average molecular weight is 1900 g/mol. The number of para-hydroxylation sites is 1. The Kier molecular flexibility index (Phi) is 25.7. The summed E-state index contributed by atoms with van der Waals surface area (Å²) in [5, 5.41) is 10.1. The molecule has 140 heavy (non-hydrogen) atoms. The number of carbonyl (C=O) groups is 3. The van der Waals surface area contributed by atoms with E-state index in [2.05, 4.69) is 124 Å². The molecule has 3 amide bonds. The molecule has 0 unspecified atom stereocenters. The van der Waals surface area contributed by atoms with E-state index in [0.717, 1.165) is 113 Å². The molecule has 3 aliphatic rings. The molecule has 3 aliphatic heterocycles. The molecule has 5 aromatic carbocycles. The van der Waals surface area contributed by atoms with Crippen LogP contribution in [0, 0.1) is 6.92 Å². The lowest BCUT2D eigenvalue weighted by Crippen LogP contribution is -2.26. The molecular weight excluding hydrogens is 1810 g/mol. The second-order valence-corrected chi connectivity index (χ2v) is 34.6. The first-order valence-electron chi connectivity index (χ1n) is 44.5. The Hall–Kier alpha value is -16.8. The highest BCUT2D eigenvalue weighted by atomic mass is 19.4. The van der Waals surface area contributed by atoms with E-state index in [1.54, 1.807) is 106 Å². The van der Waals surface area contributed by atoms with E-state index in [-0.39, 0.29) is 83.6 Å². The minimum Gasteiger partial charge on any atom is -0.416 e. The Morgan fingerprint density at radius 3 is 1.27 bits per heavy atom. The largest absolute Gasteiger partial charge is 0.434 e. The van der Waals surface area contributed by atoms with Crippen LogP contribution in [0.25, 0.3) is 113 Å². The number of halogens is 8. The molecule has 0 bridgehead atoms. The van der Waals surface area contributed by atoms with E-state index >= 15 is 0 Å². The van der Waals surface area contributed by atoms with E-state index < -0.39 is 36.0 Å². The molecule has 13 aromatic heterocycles. The van der Waals surface area contributed by atoms with Crippen molar-refractivity contribution in [3.05, 3.63) is 316 Å². The van der Waals surface area contributed by atoms with Gasteiger partial charge < -0.3 is 18.4 Å². The van der Waals surface area contributed by atoms with Gasteiger partial charge in [0.2, 0.25) is 23.6 Å². The normalized spacial score (nSPS) is 12.9. The van der Waals surface area contributed by atoms with Crippen molar-refractivity contribution < 1.29 is 54.2 Å². The number of pyridine rings is 3. The summed E-state index contributed by atoms with van der Waals surface area (Å²) in [6.07, 6.45) is 11.1. The number of hydrogen-bond acceptors (Lipinski definition) is 20. The molecule has 0 spiro atoms. The summed E-state index contributed by atoms with van der Waals surface area (Å²) in [4.78, 5) is 114. The van der Waals surface area contributed by atoms with Gasteiger partial charge in [-0.3, -0.25) is 57.5 Å². The predicted octanol–water partition coefficient (Wildman–Crippen LogP) is 18.0. The maximum atomic E-state index is 13.0. The van der Waals surface area contributed by atoms with Crippen LogP contribution < -0.4 is 25.1 Å². The lowest BCUT2D eigenvalue weighted by atomic mass is 10.0. The number of rotatable bonds is 20. The summed E-state index contributed by atoms with van der Waals surface area (Å²) in [5.74, 6) is 4.22. The number of ether oxygens (including phenoxy) is 1. The molecule has 0 atom stereocenters. The van der Waals surface area contributed by atoms with Crippen LogP contribution in [0.5, 0.6) is 5.88 Å². The number of imidazole rings is 3. The van der Waals surface area contributed by atoms with Crippen LogP contribution in [0.15, 0.2) is 243 Å². The van der Waals surface area contributed by atoms with Crippen LogP contribution in [0.2, 0.25) is 0 Å². The molecule has 38 heteroatoms. The van der Waals surface area contributed by atoms with Gasteiger partial charge in [0.05, 0.1) is 85.5 Å². The number of amides is 3. The zero-order valence-corrected chi connectivity index (χ0v) is 77.4. The third-order valence-corrected chi connectivity index (χ3v) is 24.0. The highest BCUT2D eigenvalue weighted by Gasteiger charge is 2.38. The number of alkyl halides is 8. The fourth-order valence-corrected chi connectivity index (χ4v) is 17.1. The van der Waals surface area contributed by atoms with Crippen molar-refractivity contribution in [1.29, 1.82) is 0 Å². The number of hydrogen-bond donors (Lipinski definition) is 0. The molecule has 21 rings (SSSR count). The maximum Gasteiger partial charge on any atom is 0.434 e. The van der Waals surface area contributed by atoms with Crippen molar-refractivity contribution in [2.45, 2.75) is 111 Å². The Morgan fingerprint density at radius 1 is 0.407 bits per heavy atom. The molecule has 0 saturated carbocycles. The van der Waals surface area contributed by atoms with Gasteiger partial charge in [-0.05, 0) is 101 Å². The van der Waals surface area contributed by atoms with Crippen LogP contribution in [0.3, 0.4) is 0 Å². The summed E-state index contributed by atoms with van der Waals surface area (Å²) in [7, 11) is 10.3. The SMILES string of the molecule is CC(C)c1ncccc1-c1ncc2c(n1)N(Cc1ccc(-c3ccn(C)n3)cc1)C(=O)C2.Cc1cn(C)nc1-c1ccc(CN2C(=O)Cc3cnc(-c4cccnc4C(C)C)nc32)cc1.Cn1cc(C(F)(F)F)nc1-c1ccc(CN2C(=O)Cc3cnc(-c4cccc5ccn(C)c45)nc32)cc1.Cn1cc(C(F)(F)F)nc1-c1ccc(Cn2c(=O)n(C)c3cnc(-c4cccnc4OC(F)F)nc32)cc1. The van der Waals surface area contributed by atoms with Gasteiger partial charge in [0.25, 0.3) is 0 Å². The van der Waals surface area contributed by atoms with Crippen LogP contribution in [-0.4, -0.2) is 132 Å². The Labute approximate surface area is 795 Å². The maximum absolute atomic E-state index is 13.0. The van der Waals surface area contributed by atoms with Gasteiger partial charge in [-0.2, -0.15) is 45.3 Å². The Morgan fingerprint density at radius 2 is 0.836 bits per heavy atom. The first-order valence-corrected chi connectivity index (χ1v) is 44.5. The monoisotopic (exact) mass is 1900 g/mol. The number of benzene rings is 5. The number of aryl methyl sites for hydroxylation is 7. The van der Waals surface area contributed by atoms with E-state index in [4.69, 9.17) is 15.0 Å². The summed E-state index contributed by atoms with van der Waals surface area (Å²) < 4.78 is 119. The van der Waals surface area contributed by atoms with Crippen molar-refractivity contribution in [2.75, 3.05) is 14.7 Å². The van der Waals surface area contributed by atoms with E-state index in [9.17, 15) is 54.3 Å². The molecule has 708 valence electrons. The molecule has 18 aromatic rings. The van der Waals surface area contributed by atoms with Gasteiger partial charge in [-0.1, -0.05) is 137 Å². The van der Waals surface area contributed by atoms with Gasteiger partial charge in [0.15, 0.2) is 40.3 Å². The topological polar surface area (TPSA) is 315 Å². The summed E-state index contributed by atoms with van der Waals surface area (Å²) in [5.41, 5.74) is 16.3. The molecule has 16 heterocycles. The molecule has 0 N–H and O–H groups in total. The molecule has 0 saturated heterocycles. The summed E-state index contributed by atoms with van der Waals surface area (Å²) in [6, 6.07) is 50.6. The summed E-state index contributed by atoms with van der Waals surface area (Å²) >= 11 is 0. The average Bonchev–Trinajstić information content (AvgIpc) is 1.61. The molecule has 0 aliphatic carbocycles. The second-order valence-electron chi connectivity index (χ2n) is 34.6. The van der Waals surface area contributed by atoms with Crippen LogP contribution in [-0.2, 0) is 114 Å². The molecule has 0 fully saturated rings. The van der Waals surface area contributed by atoms with Crippen LogP contribution in [0.1, 0.15) is 107 Å². The Balaban J connectivity index is 0.000000124. The van der Waals surface area contributed by atoms with E-state index in [1.807, 2.05) is 128 Å². The minimum absolute atomic E-state index is 0.0335. The van der Waals surface area contributed by atoms with Crippen molar-refractivity contribution in [1.82, 2.24) is 107 Å². The summed E-state index contributed by atoms with van der Waals surface area (Å²) in [6.45, 7) is 8.66. The van der Waals surface area contributed by atoms with Gasteiger partial charge in [0, 0.05) is 171 Å². The zero-order chi connectivity index (χ0) is 98.4. The van der Waals surface area contributed by atoms with Gasteiger partial charge in [-0.25, -0.2) is 59.6 Å². The number of aromatic nitrogens is 22. The van der Waals surface area contributed by atoms with Crippen molar-refractivity contribution in [3.8, 4) is 96.7 Å². The predicted molar refractivity (Wildman–Crippen MR) is 508 cm³/mol. The van der Waals surface area contributed by atoms with Gasteiger partial charge >= 0.3 is 24.7 Å². The fourth-order valence-electron chi connectivity index (χ4n) is 17.1. The number of nitrogens with zero attached hydrogens (tertiary/aromatic N) is 25. The highest BCUT2D eigenvalue weighted by Crippen LogP contribution is 2.40. The first kappa shape index (κ1) is 93.6. The standard InChI is InChI=1S/C27H21F3N6O.C26H26N6O.C25H24N6O.C24H18F5N7O2/c1-34-11-10-17-4-3-5-20(23(17)34)24-31-13-19-12-22(37)36(26(19)33-24)14-16-6-8-18(9-7-16)25-32-21(15-35(25)2)27(28,29)30;1-16(2)23-21(6-5-11-27-23)25-28-13-20-12-22(33)32(26(20)29-25)15-18-7-9-19(10-8-18)24-17(3)14-31(4)30-24;1-16(2)23-20(5-4-11-26-23)24-27-14-19-13-22(32)31(25(19)28-24)15-17-6-8-18(9-7-17)21-10-12-30(3)29-21;1-34-12-17(24(27,28)29)32-19(34)14-7-5-13(6-8-14)11-36-20-16(35(2)23(36)37)10-31-18(33-20)15-4-3-9-30-21(15)38-22(25)26/h3-11,13,15H,12,14H2,1-2H3;5-11,13-14,16H,12,15H2,1-4H3;4-12,14,16H,13,15H2,1-3H3;3-10,12,22H,11H2,1-2H3. The van der Waals surface area contributed by atoms with E-state index in [1.165, 1.54) is 56.9 Å². The molecule has 0 radical (unpaired) electrons. The van der Waals surface area contributed by atoms with Crippen molar-refractivity contribution >= 4 is 57.2 Å². The Bertz CT molecular complexity index is 7810. The zero-order valence-electron chi connectivity index (χ0n) is 77.4. The smallest absolute Gasteiger partial charge is 0.416 e. The van der Waals surface area contributed by atoms with Gasteiger partial charge in [-0.15, -0.1) is 0 Å². The highest BCUT2D eigenvalue weighted by molar-refractivity contribution is 6.02. The quantitative estimate of drug-likeness (QED) is 0.0640. The number of anilines is 3. The molecular formula is C102H89F8N25O5. The first-order chi connectivity index (χ1) is 67.1. The van der Waals surface area contributed by atoms with Crippen LogP contribution in [0.4, 0.5) is 52.6 Å². The molecule has 30 nitrogen and oxygen atoms in total. The van der Waals surface area contributed by atoms with Gasteiger partial charge in [0.1, 0.15) is 34.6 Å². The fraction of sp³-hybridized carbons (Fsp3) is 0.225. The third-order valence-electron chi connectivity index (χ3n) is 24.0. The van der Waals surface area contributed by atoms with Crippen molar-refractivity contribution in [3.63, 3.8) is 0 Å². The lowest BCUT2D eigenvalue weighted by molar-refractivity contribution is -0.141. The minimum atomic E-state index is -4.56. The van der Waals surface area contributed by atoms with Crippen molar-refractivity contribution in [2.24, 2.45) is 42.3 Å². The second kappa shape index (κ2) is 38.4. The number of fused-ring (bicyclic) bond motifs is 5. The number of carbonyl (C=O) groups excluding carboxylic acids is 3. The van der Waals surface area contributed by atoms with E-state index in [0.29, 0.717) is 83.1 Å². The lowest BCUT2D eigenvalue weighted by Gasteiger charge is -2.18. The third kappa shape index (κ3) is 19.4. The van der Waals surface area contributed by atoms with Crippen LogP contribution >= 0.6 is 0 Å².